The molecule has 0 saturated carbocycles. The number of unbranched alkanes of at least 4 members (excludes halogenated alkanes) is 2. The second-order valence-electron chi connectivity index (χ2n) is 11.4. The monoisotopic (exact) mass is 623 g/mol. The largest absolute Gasteiger partial charge is 0.507 e. The second kappa shape index (κ2) is 15.3. The van der Waals surface area contributed by atoms with Gasteiger partial charge in [-0.15, -0.1) is 0 Å². The normalized spacial score (nSPS) is 15.7. The van der Waals surface area contributed by atoms with E-state index < -0.39 is 17.7 Å². The third-order valence-corrected chi connectivity index (χ3v) is 8.21. The Morgan fingerprint density at radius 3 is 2.46 bits per heavy atom. The lowest BCUT2D eigenvalue weighted by atomic mass is 9.95. The molecule has 240 valence electrons. The summed E-state index contributed by atoms with van der Waals surface area (Å²) >= 11 is 0. The quantitative estimate of drug-likeness (QED) is 0.0668. The van der Waals surface area contributed by atoms with Crippen LogP contribution in [0.3, 0.4) is 0 Å². The summed E-state index contributed by atoms with van der Waals surface area (Å²) in [5.41, 5.74) is 3.29. The highest BCUT2D eigenvalue weighted by atomic mass is 16.5. The van der Waals surface area contributed by atoms with Crippen LogP contribution in [0.25, 0.3) is 5.76 Å². The Balaban J connectivity index is 1.44. The first-order chi connectivity index (χ1) is 22.4. The topological polar surface area (TPSA) is 103 Å². The average Bonchev–Trinajstić information content (AvgIpc) is 3.69. The maximum Gasteiger partial charge on any atom is 0.295 e. The van der Waals surface area contributed by atoms with Crippen LogP contribution in [0.15, 0.2) is 91.0 Å². The Bertz CT molecular complexity index is 1660. The van der Waals surface area contributed by atoms with E-state index in [1.807, 2.05) is 48.0 Å². The predicted molar refractivity (Wildman–Crippen MR) is 176 cm³/mol. The molecule has 1 amide bonds. The molecule has 9 heteroatoms. The van der Waals surface area contributed by atoms with E-state index in [2.05, 4.69) is 11.9 Å². The smallest absolute Gasteiger partial charge is 0.295 e. The number of aryl methyl sites for hydroxylation is 2. The van der Waals surface area contributed by atoms with Crippen molar-refractivity contribution in [3.05, 3.63) is 113 Å². The van der Waals surface area contributed by atoms with Gasteiger partial charge in [-0.05, 0) is 72.9 Å². The summed E-state index contributed by atoms with van der Waals surface area (Å²) in [4.78, 5) is 32.7. The Morgan fingerprint density at radius 2 is 1.74 bits per heavy atom. The van der Waals surface area contributed by atoms with Crippen LogP contribution < -0.4 is 14.2 Å². The van der Waals surface area contributed by atoms with Crippen LogP contribution in [-0.2, 0) is 22.7 Å². The van der Waals surface area contributed by atoms with Crippen molar-refractivity contribution in [3.63, 3.8) is 0 Å². The highest BCUT2D eigenvalue weighted by molar-refractivity contribution is 6.46. The molecule has 4 aromatic rings. The molecule has 1 aliphatic rings. The zero-order valence-corrected chi connectivity index (χ0v) is 26.6. The summed E-state index contributed by atoms with van der Waals surface area (Å²) < 4.78 is 19.5. The van der Waals surface area contributed by atoms with E-state index >= 15 is 0 Å². The third kappa shape index (κ3) is 7.42. The number of methoxy groups -OCH3 is 1. The van der Waals surface area contributed by atoms with Gasteiger partial charge in [0, 0.05) is 31.0 Å². The number of ketones is 1. The van der Waals surface area contributed by atoms with Crippen molar-refractivity contribution in [2.75, 3.05) is 20.3 Å². The zero-order valence-electron chi connectivity index (χ0n) is 26.6. The van der Waals surface area contributed by atoms with E-state index in [0.717, 1.165) is 30.4 Å². The predicted octanol–water partition coefficient (Wildman–Crippen LogP) is 6.86. The summed E-state index contributed by atoms with van der Waals surface area (Å²) in [5, 5.41) is 11.6. The molecule has 2 heterocycles. The van der Waals surface area contributed by atoms with Crippen LogP contribution in [0.1, 0.15) is 60.9 Å². The fourth-order valence-corrected chi connectivity index (χ4v) is 5.61. The highest BCUT2D eigenvalue weighted by Crippen LogP contribution is 2.42. The number of carbonyl (C=O) groups excluding carboxylic acids is 2. The second-order valence-corrected chi connectivity index (χ2v) is 11.4. The molecular formula is C37H41N3O6. The number of Topliss-reactive ketones (excluding diaryl/α,β-unsaturated/α-hetero) is 1. The molecular weight excluding hydrogens is 582 g/mol. The average molecular weight is 624 g/mol. The molecule has 1 unspecified atom stereocenters. The summed E-state index contributed by atoms with van der Waals surface area (Å²) in [7, 11) is 1.56. The lowest BCUT2D eigenvalue weighted by molar-refractivity contribution is -0.139. The van der Waals surface area contributed by atoms with Gasteiger partial charge in [0.2, 0.25) is 0 Å². The molecule has 1 N–H and O–H groups in total. The molecule has 0 bridgehead atoms. The van der Waals surface area contributed by atoms with Crippen molar-refractivity contribution < 1.29 is 28.9 Å². The molecule has 0 radical (unpaired) electrons. The van der Waals surface area contributed by atoms with E-state index in [1.54, 1.807) is 56.0 Å². The van der Waals surface area contributed by atoms with Crippen molar-refractivity contribution >= 4 is 17.4 Å². The Labute approximate surface area is 270 Å². The molecule has 46 heavy (non-hydrogen) atoms. The number of benzene rings is 3. The van der Waals surface area contributed by atoms with E-state index in [4.69, 9.17) is 14.2 Å². The number of aromatic nitrogens is 2. The van der Waals surface area contributed by atoms with E-state index in [9.17, 15) is 14.7 Å². The lowest BCUT2D eigenvalue weighted by Gasteiger charge is -2.26. The number of imidazole rings is 1. The molecule has 1 saturated heterocycles. The van der Waals surface area contributed by atoms with Gasteiger partial charge in [-0.25, -0.2) is 4.98 Å². The van der Waals surface area contributed by atoms with Crippen molar-refractivity contribution in [3.8, 4) is 17.2 Å². The summed E-state index contributed by atoms with van der Waals surface area (Å²) in [5.74, 6) is 0.0623. The molecule has 0 aliphatic carbocycles. The maximum absolute atomic E-state index is 13.6. The van der Waals surface area contributed by atoms with Crippen LogP contribution in [-0.4, -0.2) is 51.5 Å². The van der Waals surface area contributed by atoms with Crippen molar-refractivity contribution in [1.82, 2.24) is 14.5 Å². The molecule has 1 aromatic heterocycles. The van der Waals surface area contributed by atoms with Gasteiger partial charge < -0.3 is 28.8 Å². The first-order valence-electron chi connectivity index (χ1n) is 15.7. The number of aliphatic hydroxyl groups excluding tert-OH is 1. The highest BCUT2D eigenvalue weighted by Gasteiger charge is 2.46. The maximum atomic E-state index is 13.6. The van der Waals surface area contributed by atoms with Gasteiger partial charge in [0.15, 0.2) is 11.5 Å². The number of aliphatic hydroxyl groups is 1. The third-order valence-electron chi connectivity index (χ3n) is 8.21. The van der Waals surface area contributed by atoms with Crippen LogP contribution in [0, 0.1) is 6.92 Å². The number of hydrogen-bond donors (Lipinski definition) is 1. The molecule has 0 spiro atoms. The number of nitrogens with zero attached hydrogens (tertiary/aromatic N) is 3. The minimum atomic E-state index is -0.817. The SMILES string of the molecule is CCCCCOc1ccc(C2/C(=C(\O)c3ccc(OCc4ccccc4C)cc3)C(=O)C(=O)N2CCCn2ccnc2)cc1OC. The van der Waals surface area contributed by atoms with Gasteiger partial charge in [-0.3, -0.25) is 9.59 Å². The van der Waals surface area contributed by atoms with Gasteiger partial charge in [0.25, 0.3) is 11.7 Å². The summed E-state index contributed by atoms with van der Waals surface area (Å²) in [6.45, 7) is 6.05. The van der Waals surface area contributed by atoms with E-state index in [-0.39, 0.29) is 11.3 Å². The van der Waals surface area contributed by atoms with Gasteiger partial charge >= 0.3 is 0 Å². The fraction of sp³-hybridized carbons (Fsp3) is 0.324. The number of carbonyl (C=O) groups is 2. The zero-order chi connectivity index (χ0) is 32.5. The van der Waals surface area contributed by atoms with Crippen LogP contribution >= 0.6 is 0 Å². The van der Waals surface area contributed by atoms with Gasteiger partial charge in [0.05, 0.1) is 31.7 Å². The van der Waals surface area contributed by atoms with Crippen molar-refractivity contribution in [1.29, 1.82) is 0 Å². The molecule has 5 rings (SSSR count). The van der Waals surface area contributed by atoms with Crippen LogP contribution in [0.5, 0.6) is 17.2 Å². The number of rotatable bonds is 15. The minimum absolute atomic E-state index is 0.0277. The Morgan fingerprint density at radius 1 is 0.935 bits per heavy atom. The first-order valence-corrected chi connectivity index (χ1v) is 15.7. The molecule has 1 atom stereocenters. The van der Waals surface area contributed by atoms with E-state index in [0.29, 0.717) is 61.1 Å². The summed E-state index contributed by atoms with van der Waals surface area (Å²) in [6, 6.07) is 19.5. The van der Waals surface area contributed by atoms with Crippen LogP contribution in [0.4, 0.5) is 0 Å². The van der Waals surface area contributed by atoms with Crippen molar-refractivity contribution in [2.45, 2.75) is 58.7 Å². The van der Waals surface area contributed by atoms with Crippen LogP contribution in [0.2, 0.25) is 0 Å². The van der Waals surface area contributed by atoms with Gasteiger partial charge in [-0.2, -0.15) is 0 Å². The standard InChI is InChI=1S/C37H41N3O6/c1-4-5-8-22-45-31-17-14-28(23-32(31)44-3)34-33(36(42)37(43)40(34)20-9-19-39-21-18-38-25-39)35(41)27-12-15-30(16-13-27)46-24-29-11-7-6-10-26(29)2/h6-7,10-18,21,23,25,34,41H,4-5,8-9,19-20,22,24H2,1-3H3/b35-33+. The molecule has 9 nitrogen and oxygen atoms in total. The van der Waals surface area contributed by atoms with Gasteiger partial charge in [-0.1, -0.05) is 50.1 Å². The van der Waals surface area contributed by atoms with Crippen molar-refractivity contribution in [2.24, 2.45) is 0 Å². The number of amides is 1. The first kappa shape index (κ1) is 32.3. The number of likely N-dealkylation sites (tertiary alicyclic amines) is 1. The Hall–Kier alpha value is -5.05. The molecule has 1 aliphatic heterocycles. The number of hydrogen-bond acceptors (Lipinski definition) is 7. The Kier molecular flexibility index (Phi) is 10.8. The van der Waals surface area contributed by atoms with E-state index in [1.165, 1.54) is 4.90 Å². The number of ether oxygens (including phenoxy) is 3. The van der Waals surface area contributed by atoms with Gasteiger partial charge in [0.1, 0.15) is 18.1 Å². The fourth-order valence-electron chi connectivity index (χ4n) is 5.61. The molecule has 3 aromatic carbocycles. The lowest BCUT2D eigenvalue weighted by Crippen LogP contribution is -2.31. The summed E-state index contributed by atoms with van der Waals surface area (Å²) in [6.07, 6.45) is 8.92. The molecule has 1 fully saturated rings. The minimum Gasteiger partial charge on any atom is -0.507 e.